The van der Waals surface area contributed by atoms with Crippen LogP contribution in [0.4, 0.5) is 0 Å². The van der Waals surface area contributed by atoms with E-state index in [1.807, 2.05) is 21.1 Å². The van der Waals surface area contributed by atoms with Crippen LogP contribution in [-0.4, -0.2) is 80.6 Å². The maximum Gasteiger partial charge on any atom is 0.362 e. The van der Waals surface area contributed by atoms with E-state index in [0.29, 0.717) is 19.3 Å². The fourth-order valence-electron chi connectivity index (χ4n) is 7.72. The van der Waals surface area contributed by atoms with Crippen molar-refractivity contribution in [3.05, 3.63) is 12.2 Å². The van der Waals surface area contributed by atoms with Crippen LogP contribution < -0.4 is 0 Å². The summed E-state index contributed by atoms with van der Waals surface area (Å²) in [5.41, 5.74) is 0. The molecule has 0 bridgehead atoms. The number of allylic oxidation sites excluding steroid dienone is 2. The maximum atomic E-state index is 12.7. The highest BCUT2D eigenvalue weighted by atomic mass is 16.6. The fourth-order valence-corrected chi connectivity index (χ4v) is 7.72. The minimum atomic E-state index is -0.873. The molecular weight excluding hydrogens is 739 g/mol. The van der Waals surface area contributed by atoms with Crippen molar-refractivity contribution in [3.63, 3.8) is 0 Å². The molecule has 0 aromatic carbocycles. The molecule has 8 nitrogen and oxygen atoms in total. The zero-order chi connectivity index (χ0) is 43.5. The molecule has 2 atom stereocenters. The second-order valence-electron chi connectivity index (χ2n) is 18.4. The van der Waals surface area contributed by atoms with Gasteiger partial charge in [-0.3, -0.25) is 9.59 Å². The van der Waals surface area contributed by atoms with Crippen LogP contribution >= 0.6 is 0 Å². The highest BCUT2D eigenvalue weighted by Crippen LogP contribution is 2.17. The Labute approximate surface area is 365 Å². The predicted molar refractivity (Wildman–Crippen MR) is 248 cm³/mol. The molecular formula is C51H98NO7+. The fraction of sp³-hybridized carbons (Fsp3) is 0.902. The lowest BCUT2D eigenvalue weighted by molar-refractivity contribution is -0.887. The number of hydrogen-bond acceptors (Lipinski definition) is 6. The molecule has 348 valence electrons. The molecule has 59 heavy (non-hydrogen) atoms. The van der Waals surface area contributed by atoms with Gasteiger partial charge in [0, 0.05) is 19.3 Å². The van der Waals surface area contributed by atoms with Crippen LogP contribution in [0, 0.1) is 0 Å². The molecule has 0 saturated carbocycles. The van der Waals surface area contributed by atoms with Gasteiger partial charge < -0.3 is 23.8 Å². The Morgan fingerprint density at radius 3 is 1.27 bits per heavy atom. The van der Waals surface area contributed by atoms with Crippen LogP contribution in [0.3, 0.4) is 0 Å². The number of rotatable bonds is 46. The van der Waals surface area contributed by atoms with Gasteiger partial charge in [-0.05, 0) is 32.1 Å². The number of hydrogen-bond donors (Lipinski definition) is 1. The molecule has 8 heteroatoms. The van der Waals surface area contributed by atoms with Crippen LogP contribution in [0.25, 0.3) is 0 Å². The average Bonchev–Trinajstić information content (AvgIpc) is 3.19. The lowest BCUT2D eigenvalue weighted by Gasteiger charge is -2.31. The minimum Gasteiger partial charge on any atom is -0.477 e. The second kappa shape index (κ2) is 42.7. The first kappa shape index (κ1) is 57.1. The molecule has 0 amide bonds. The first-order chi connectivity index (χ1) is 28.6. The Balaban J connectivity index is 4.08. The van der Waals surface area contributed by atoms with Gasteiger partial charge in [0.25, 0.3) is 0 Å². The quantitative estimate of drug-likeness (QED) is 0.0282. The molecule has 0 aliphatic carbocycles. The number of carboxylic acids is 1. The van der Waals surface area contributed by atoms with Gasteiger partial charge in [0.05, 0.1) is 34.4 Å². The average molecular weight is 837 g/mol. The van der Waals surface area contributed by atoms with E-state index in [1.165, 1.54) is 161 Å². The summed E-state index contributed by atoms with van der Waals surface area (Å²) in [4.78, 5) is 37.0. The van der Waals surface area contributed by atoms with E-state index in [-0.39, 0.29) is 36.2 Å². The van der Waals surface area contributed by atoms with E-state index in [9.17, 15) is 19.5 Å². The van der Waals surface area contributed by atoms with Gasteiger partial charge in [0.2, 0.25) is 0 Å². The first-order valence-electron chi connectivity index (χ1n) is 25.2. The predicted octanol–water partition coefficient (Wildman–Crippen LogP) is 14.3. The van der Waals surface area contributed by atoms with Crippen molar-refractivity contribution in [2.45, 2.75) is 257 Å². The summed E-state index contributed by atoms with van der Waals surface area (Å²) in [6.07, 6.45) is 47.0. The summed E-state index contributed by atoms with van der Waals surface area (Å²) >= 11 is 0. The van der Waals surface area contributed by atoms with Gasteiger partial charge in [-0.25, -0.2) is 4.79 Å². The van der Waals surface area contributed by atoms with E-state index < -0.39 is 18.1 Å². The van der Waals surface area contributed by atoms with Crippen LogP contribution in [0.5, 0.6) is 0 Å². The van der Waals surface area contributed by atoms with Crippen LogP contribution in [0.1, 0.15) is 245 Å². The van der Waals surface area contributed by atoms with Crippen molar-refractivity contribution in [1.82, 2.24) is 0 Å². The molecule has 0 aliphatic heterocycles. The Hall–Kier alpha value is -1.93. The van der Waals surface area contributed by atoms with Crippen molar-refractivity contribution in [2.24, 2.45) is 0 Å². The number of carbonyl (C=O) groups is 3. The molecule has 0 aromatic rings. The maximum absolute atomic E-state index is 12.7. The molecule has 2 unspecified atom stereocenters. The Bertz CT molecular complexity index is 978. The summed E-state index contributed by atoms with van der Waals surface area (Å²) in [5, 5.41) is 9.63. The number of aliphatic carboxylic acids is 1. The van der Waals surface area contributed by atoms with E-state index >= 15 is 0 Å². The zero-order valence-corrected chi connectivity index (χ0v) is 39.7. The normalized spacial score (nSPS) is 12.9. The summed E-state index contributed by atoms with van der Waals surface area (Å²) < 4.78 is 17.3. The number of unbranched alkanes of at least 4 members (excludes halogenated alkanes) is 30. The third kappa shape index (κ3) is 41.2. The first-order valence-corrected chi connectivity index (χ1v) is 25.2. The van der Waals surface area contributed by atoms with Crippen molar-refractivity contribution in [1.29, 1.82) is 0 Å². The molecule has 1 N–H and O–H groups in total. The second-order valence-corrected chi connectivity index (χ2v) is 18.4. The number of quaternary nitrogens is 1. The van der Waals surface area contributed by atoms with Gasteiger partial charge in [0.15, 0.2) is 12.1 Å². The Kier molecular flexibility index (Phi) is 41.3. The third-order valence-electron chi connectivity index (χ3n) is 11.7. The smallest absolute Gasteiger partial charge is 0.362 e. The molecule has 0 heterocycles. The SMILES string of the molecule is CCCC/C=C\CCCCCCCC(=O)OC(COCCC(C(=O)O)[N+](C)(C)C)COC(=O)CCCCCCCCCCCCCCCCCCCCCCCCCC. The number of esters is 2. The summed E-state index contributed by atoms with van der Waals surface area (Å²) in [5.74, 6) is -1.46. The lowest BCUT2D eigenvalue weighted by Crippen LogP contribution is -2.50. The third-order valence-corrected chi connectivity index (χ3v) is 11.7. The number of carboxylic acid groups (broad SMARTS) is 1. The molecule has 0 radical (unpaired) electrons. The van der Waals surface area contributed by atoms with Crippen molar-refractivity contribution in [3.8, 4) is 0 Å². The molecule has 0 fully saturated rings. The number of nitrogens with zero attached hydrogens (tertiary/aromatic N) is 1. The van der Waals surface area contributed by atoms with Gasteiger partial charge in [-0.1, -0.05) is 206 Å². The largest absolute Gasteiger partial charge is 0.477 e. The number of likely N-dealkylation sites (N-methyl/N-ethyl adjacent to an activating group) is 1. The van der Waals surface area contributed by atoms with E-state index in [0.717, 1.165) is 51.4 Å². The summed E-state index contributed by atoms with van der Waals surface area (Å²) in [6.45, 7) is 4.73. The number of carbonyl (C=O) groups excluding carboxylic acids is 2. The molecule has 0 rings (SSSR count). The minimum absolute atomic E-state index is 0.0482. The highest BCUT2D eigenvalue weighted by molar-refractivity contribution is 5.72. The lowest BCUT2D eigenvalue weighted by atomic mass is 10.0. The van der Waals surface area contributed by atoms with E-state index in [1.54, 1.807) is 0 Å². The number of ether oxygens (including phenoxy) is 3. The van der Waals surface area contributed by atoms with Crippen LogP contribution in [0.15, 0.2) is 12.2 Å². The van der Waals surface area contributed by atoms with Gasteiger partial charge in [-0.2, -0.15) is 0 Å². The van der Waals surface area contributed by atoms with Gasteiger partial charge in [-0.15, -0.1) is 0 Å². The van der Waals surface area contributed by atoms with Crippen molar-refractivity contribution >= 4 is 17.9 Å². The monoisotopic (exact) mass is 837 g/mol. The van der Waals surface area contributed by atoms with Gasteiger partial charge >= 0.3 is 17.9 Å². The van der Waals surface area contributed by atoms with Crippen molar-refractivity contribution in [2.75, 3.05) is 41.0 Å². The Morgan fingerprint density at radius 2 is 0.864 bits per heavy atom. The summed E-state index contributed by atoms with van der Waals surface area (Å²) in [7, 11) is 5.53. The highest BCUT2D eigenvalue weighted by Gasteiger charge is 2.31. The van der Waals surface area contributed by atoms with Crippen LogP contribution in [0.2, 0.25) is 0 Å². The van der Waals surface area contributed by atoms with Gasteiger partial charge in [0.1, 0.15) is 6.61 Å². The molecule has 0 spiro atoms. The van der Waals surface area contributed by atoms with E-state index in [4.69, 9.17) is 14.2 Å². The summed E-state index contributed by atoms with van der Waals surface area (Å²) in [6, 6.07) is -0.612. The topological polar surface area (TPSA) is 99.1 Å². The Morgan fingerprint density at radius 1 is 0.492 bits per heavy atom. The molecule has 0 aromatic heterocycles. The van der Waals surface area contributed by atoms with Crippen molar-refractivity contribution < 1.29 is 38.2 Å². The molecule has 0 saturated heterocycles. The van der Waals surface area contributed by atoms with Crippen LogP contribution in [-0.2, 0) is 28.6 Å². The van der Waals surface area contributed by atoms with E-state index in [2.05, 4.69) is 26.0 Å². The standard InChI is InChI=1S/C51H97NO7/c1-6-8-10-12-14-16-18-19-20-21-22-23-24-25-26-27-28-29-30-32-33-35-37-39-41-49(53)58-46-47(45-57-44-43-48(51(55)56)52(3,4)5)59-50(54)42-40-38-36-34-31-17-15-13-11-9-7-2/h13,15,47-48H,6-12,14,16-46H2,1-5H3/p+1/b15-13-. The zero-order valence-electron chi connectivity index (χ0n) is 39.7. The molecule has 0 aliphatic rings.